The Bertz CT molecular complexity index is 1250. The third kappa shape index (κ3) is 4.15. The van der Waals surface area contributed by atoms with Gasteiger partial charge >= 0.3 is 0 Å². The smallest absolute Gasteiger partial charge is 0.266 e. The maximum atomic E-state index is 13.2. The van der Waals surface area contributed by atoms with Gasteiger partial charge in [-0.15, -0.1) is 0 Å². The number of fused-ring (bicyclic) bond motifs is 2. The molecule has 2 atom stereocenters. The topological polar surface area (TPSA) is 93.4 Å². The Balaban J connectivity index is 1.49. The second kappa shape index (κ2) is 8.46. The number of carbonyl (C=O) groups is 1. The lowest BCUT2D eigenvalue weighted by Gasteiger charge is -2.37. The fraction of sp³-hybridized carbons (Fsp3) is 0.444. The van der Waals surface area contributed by atoms with Gasteiger partial charge in [-0.2, -0.15) is 0 Å². The molecule has 0 aliphatic carbocycles. The minimum atomic E-state index is -0.837. The van der Waals surface area contributed by atoms with E-state index in [1.54, 1.807) is 0 Å². The summed E-state index contributed by atoms with van der Waals surface area (Å²) in [7, 11) is 0. The maximum absolute atomic E-state index is 13.2. The highest BCUT2D eigenvalue weighted by molar-refractivity contribution is 5.92. The van der Waals surface area contributed by atoms with E-state index in [9.17, 15) is 4.79 Å². The van der Waals surface area contributed by atoms with Crippen LogP contribution in [0.1, 0.15) is 61.7 Å². The summed E-state index contributed by atoms with van der Waals surface area (Å²) >= 11 is 0. The lowest BCUT2D eigenvalue weighted by molar-refractivity contribution is -0.147. The predicted molar refractivity (Wildman–Crippen MR) is 135 cm³/mol. The van der Waals surface area contributed by atoms with Crippen LogP contribution in [0.15, 0.2) is 30.3 Å². The number of aromatic nitrogens is 2. The summed E-state index contributed by atoms with van der Waals surface area (Å²) in [5.41, 5.74) is 10.2. The van der Waals surface area contributed by atoms with Crippen molar-refractivity contribution < 1.29 is 9.53 Å². The molecule has 0 saturated carbocycles. The molecule has 5 rings (SSSR count). The fourth-order valence-electron chi connectivity index (χ4n) is 5.17. The molecular formula is C27H33N5O2. The van der Waals surface area contributed by atoms with E-state index in [0.29, 0.717) is 12.2 Å². The molecule has 178 valence electrons. The molecule has 0 spiro atoms. The number of aryl methyl sites for hydroxylation is 3. The lowest BCUT2D eigenvalue weighted by atomic mass is 9.90. The number of ether oxygens (including phenoxy) is 1. The van der Waals surface area contributed by atoms with Crippen molar-refractivity contribution in [3.05, 3.63) is 52.8 Å². The van der Waals surface area contributed by atoms with E-state index in [4.69, 9.17) is 15.5 Å². The summed E-state index contributed by atoms with van der Waals surface area (Å²) in [5, 5.41) is 4.44. The van der Waals surface area contributed by atoms with Gasteiger partial charge in [0, 0.05) is 30.6 Å². The first-order chi connectivity index (χ1) is 16.2. The molecule has 1 saturated heterocycles. The van der Waals surface area contributed by atoms with Gasteiger partial charge in [-0.05, 0) is 87.9 Å². The number of rotatable bonds is 4. The van der Waals surface area contributed by atoms with Gasteiger partial charge in [-0.25, -0.2) is 9.97 Å². The predicted octanol–water partition coefficient (Wildman–Crippen LogP) is 4.71. The Morgan fingerprint density at radius 3 is 2.65 bits per heavy atom. The Morgan fingerprint density at radius 2 is 1.91 bits per heavy atom. The summed E-state index contributed by atoms with van der Waals surface area (Å²) in [4.78, 5) is 24.6. The Morgan fingerprint density at radius 1 is 1.15 bits per heavy atom. The van der Waals surface area contributed by atoms with E-state index in [2.05, 4.69) is 29.4 Å². The molecule has 3 aromatic rings. The van der Waals surface area contributed by atoms with Gasteiger partial charge in [0.25, 0.3) is 5.91 Å². The first-order valence-corrected chi connectivity index (χ1v) is 12.2. The Kier molecular flexibility index (Phi) is 5.58. The van der Waals surface area contributed by atoms with Crippen LogP contribution in [0.2, 0.25) is 0 Å². The van der Waals surface area contributed by atoms with Gasteiger partial charge in [-0.1, -0.05) is 6.07 Å². The number of hydrogen-bond donors (Lipinski definition) is 2. The van der Waals surface area contributed by atoms with Crippen molar-refractivity contribution in [2.75, 3.05) is 24.1 Å². The molecular weight excluding hydrogens is 426 g/mol. The number of anilines is 2. The molecule has 1 amide bonds. The van der Waals surface area contributed by atoms with Crippen LogP contribution >= 0.6 is 0 Å². The van der Waals surface area contributed by atoms with Crippen molar-refractivity contribution in [1.82, 2.24) is 14.9 Å². The molecule has 2 aliphatic heterocycles. The fourth-order valence-corrected chi connectivity index (χ4v) is 5.17. The maximum Gasteiger partial charge on any atom is 0.266 e. The van der Waals surface area contributed by atoms with Gasteiger partial charge in [0.15, 0.2) is 5.60 Å². The lowest BCUT2D eigenvalue weighted by Crippen LogP contribution is -2.51. The molecule has 0 radical (unpaired) electrons. The number of benzene rings is 2. The van der Waals surface area contributed by atoms with Crippen LogP contribution in [-0.4, -0.2) is 39.5 Å². The van der Waals surface area contributed by atoms with Gasteiger partial charge in [0.2, 0.25) is 0 Å². The third-order valence-electron chi connectivity index (χ3n) is 7.02. The minimum absolute atomic E-state index is 0.00124. The Hall–Kier alpha value is -3.35. The van der Waals surface area contributed by atoms with Crippen molar-refractivity contribution >= 4 is 28.3 Å². The molecule has 7 nitrogen and oxygen atoms in total. The molecule has 3 N–H and O–H groups in total. The molecule has 2 aliphatic rings. The van der Waals surface area contributed by atoms with Crippen molar-refractivity contribution in [2.45, 2.75) is 65.0 Å². The molecule has 2 aromatic carbocycles. The van der Waals surface area contributed by atoms with Crippen LogP contribution in [-0.2, 0) is 11.2 Å². The summed E-state index contributed by atoms with van der Waals surface area (Å²) in [6, 6.07) is 10.2. The van der Waals surface area contributed by atoms with Crippen LogP contribution in [0.5, 0.6) is 5.75 Å². The summed E-state index contributed by atoms with van der Waals surface area (Å²) < 4.78 is 6.42. The van der Waals surface area contributed by atoms with Crippen LogP contribution in [0.3, 0.4) is 0 Å². The quantitative estimate of drug-likeness (QED) is 0.549. The first-order valence-electron chi connectivity index (χ1n) is 12.2. The first kappa shape index (κ1) is 22.4. The molecule has 34 heavy (non-hydrogen) atoms. The van der Waals surface area contributed by atoms with Crippen molar-refractivity contribution in [3.63, 3.8) is 0 Å². The molecule has 1 fully saturated rings. The molecule has 0 bridgehead atoms. The normalized spacial score (nSPS) is 20.6. The van der Waals surface area contributed by atoms with E-state index in [1.807, 2.05) is 43.9 Å². The van der Waals surface area contributed by atoms with Crippen LogP contribution in [0.4, 0.5) is 11.5 Å². The summed E-state index contributed by atoms with van der Waals surface area (Å²) in [6.45, 7) is 9.62. The number of amides is 1. The zero-order chi connectivity index (χ0) is 24.0. The molecule has 3 heterocycles. The molecule has 1 aromatic heterocycles. The minimum Gasteiger partial charge on any atom is -0.477 e. The van der Waals surface area contributed by atoms with E-state index in [0.717, 1.165) is 77.2 Å². The zero-order valence-electron chi connectivity index (χ0n) is 20.4. The SMILES string of the molecule is Cc1cc(N)cc([C@@H](C)Nc2nc(C)nc3cc4c(cc23)O[C@@](C)(C(=O)N2CCCC2)CC4)c1. The average Bonchev–Trinajstić information content (AvgIpc) is 3.31. The number of likely N-dealkylation sites (tertiary alicyclic amines) is 1. The molecule has 0 unspecified atom stereocenters. The second-order valence-corrected chi connectivity index (χ2v) is 9.97. The standard InChI is InChI=1S/C27H33N5O2/c1-16-11-20(13-21(28)12-16)17(2)29-25-22-15-24-19(14-23(22)30-18(3)31-25)7-8-27(4,34-24)26(33)32-9-5-6-10-32/h11-15,17H,5-10,28H2,1-4H3,(H,29,30,31)/t17-,27-/m1/s1. The van der Waals surface area contributed by atoms with E-state index in [-0.39, 0.29) is 11.9 Å². The van der Waals surface area contributed by atoms with E-state index >= 15 is 0 Å². The highest BCUT2D eigenvalue weighted by Gasteiger charge is 2.42. The van der Waals surface area contributed by atoms with Crippen LogP contribution < -0.4 is 15.8 Å². The van der Waals surface area contributed by atoms with Gasteiger partial charge in [0.05, 0.1) is 11.6 Å². The van der Waals surface area contributed by atoms with E-state index < -0.39 is 5.60 Å². The third-order valence-corrected chi connectivity index (χ3v) is 7.02. The van der Waals surface area contributed by atoms with Crippen molar-refractivity contribution in [3.8, 4) is 5.75 Å². The number of nitrogens with zero attached hydrogens (tertiary/aromatic N) is 3. The zero-order valence-corrected chi connectivity index (χ0v) is 20.4. The number of nitrogen functional groups attached to an aromatic ring is 1. The average molecular weight is 460 g/mol. The highest BCUT2D eigenvalue weighted by Crippen LogP contribution is 2.39. The summed E-state index contributed by atoms with van der Waals surface area (Å²) in [5.74, 6) is 2.30. The van der Waals surface area contributed by atoms with Crippen molar-refractivity contribution in [1.29, 1.82) is 0 Å². The Labute approximate surface area is 200 Å². The van der Waals surface area contributed by atoms with Crippen LogP contribution in [0, 0.1) is 13.8 Å². The second-order valence-electron chi connectivity index (χ2n) is 9.97. The number of nitrogens with two attached hydrogens (primary N) is 1. The number of hydrogen-bond acceptors (Lipinski definition) is 6. The van der Waals surface area contributed by atoms with E-state index in [1.165, 1.54) is 0 Å². The van der Waals surface area contributed by atoms with Crippen LogP contribution in [0.25, 0.3) is 10.9 Å². The van der Waals surface area contributed by atoms with Gasteiger partial charge < -0.3 is 20.7 Å². The summed E-state index contributed by atoms with van der Waals surface area (Å²) in [6.07, 6.45) is 3.59. The highest BCUT2D eigenvalue weighted by atomic mass is 16.5. The largest absolute Gasteiger partial charge is 0.477 e. The monoisotopic (exact) mass is 459 g/mol. The van der Waals surface area contributed by atoms with Gasteiger partial charge in [0.1, 0.15) is 17.4 Å². The van der Waals surface area contributed by atoms with Gasteiger partial charge in [-0.3, -0.25) is 4.79 Å². The van der Waals surface area contributed by atoms with Crippen molar-refractivity contribution in [2.24, 2.45) is 0 Å². The number of carbonyl (C=O) groups excluding carboxylic acids is 1. The molecule has 7 heteroatoms. The number of nitrogens with one attached hydrogen (secondary N) is 1.